The lowest BCUT2D eigenvalue weighted by molar-refractivity contribution is -0.139. The lowest BCUT2D eigenvalue weighted by Crippen LogP contribution is -2.28. The van der Waals surface area contributed by atoms with E-state index in [1.807, 2.05) is 0 Å². The molecule has 0 amide bonds. The molecule has 1 aromatic carbocycles. The zero-order valence-electron chi connectivity index (χ0n) is 20.8. The molecule has 3 heterocycles. The molecule has 0 aliphatic rings. The average Bonchev–Trinajstić information content (AvgIpc) is 3.36. The van der Waals surface area contributed by atoms with Gasteiger partial charge >= 0.3 is 12.4 Å². The molecule has 41 heavy (non-hydrogen) atoms. The summed E-state index contributed by atoms with van der Waals surface area (Å²) in [6.45, 7) is 0.747. The first kappa shape index (κ1) is 29.3. The summed E-state index contributed by atoms with van der Waals surface area (Å²) in [6, 6.07) is 6.62. The van der Waals surface area contributed by atoms with Gasteiger partial charge in [0.25, 0.3) is 5.56 Å². The molecule has 4 rings (SSSR count). The second-order valence-corrected chi connectivity index (χ2v) is 8.67. The Morgan fingerprint density at radius 1 is 1.02 bits per heavy atom. The number of aromatic nitrogens is 2. The predicted octanol–water partition coefficient (Wildman–Crippen LogP) is 6.89. The minimum atomic E-state index is -4.83. The van der Waals surface area contributed by atoms with Crippen molar-refractivity contribution in [1.29, 1.82) is 5.26 Å². The van der Waals surface area contributed by atoms with E-state index < -0.39 is 65.1 Å². The second kappa shape index (κ2) is 11.1. The molecule has 0 N–H and O–H groups in total. The highest BCUT2D eigenvalue weighted by Crippen LogP contribution is 2.38. The maximum atomic E-state index is 14.4. The van der Waals surface area contributed by atoms with Crippen molar-refractivity contribution in [3.63, 3.8) is 0 Å². The Morgan fingerprint density at radius 3 is 2.37 bits per heavy atom. The monoisotopic (exact) mass is 583 g/mol. The van der Waals surface area contributed by atoms with E-state index >= 15 is 0 Å². The fourth-order valence-corrected chi connectivity index (χ4v) is 4.04. The fourth-order valence-electron chi connectivity index (χ4n) is 4.04. The van der Waals surface area contributed by atoms with Crippen molar-refractivity contribution in [2.75, 3.05) is 6.61 Å². The third kappa shape index (κ3) is 6.40. The van der Waals surface area contributed by atoms with E-state index in [0.29, 0.717) is 6.07 Å². The Morgan fingerprint density at radius 2 is 1.76 bits per heavy atom. The molecular formula is C27H17F8N3O3. The average molecular weight is 583 g/mol. The van der Waals surface area contributed by atoms with Gasteiger partial charge in [-0.05, 0) is 36.8 Å². The molecule has 4 aromatic rings. The van der Waals surface area contributed by atoms with Crippen LogP contribution in [0.25, 0.3) is 22.6 Å². The zero-order chi connectivity index (χ0) is 30.1. The van der Waals surface area contributed by atoms with Gasteiger partial charge in [0.1, 0.15) is 28.8 Å². The van der Waals surface area contributed by atoms with Crippen molar-refractivity contribution in [1.82, 2.24) is 9.55 Å². The van der Waals surface area contributed by atoms with Gasteiger partial charge < -0.3 is 9.15 Å². The van der Waals surface area contributed by atoms with Gasteiger partial charge in [-0.3, -0.25) is 9.36 Å². The van der Waals surface area contributed by atoms with Crippen molar-refractivity contribution in [2.45, 2.75) is 32.2 Å². The maximum absolute atomic E-state index is 14.4. The van der Waals surface area contributed by atoms with E-state index in [9.17, 15) is 45.2 Å². The number of nitrogens with zero attached hydrogens (tertiary/aromatic N) is 3. The van der Waals surface area contributed by atoms with Gasteiger partial charge in [0.2, 0.25) is 5.88 Å². The van der Waals surface area contributed by atoms with Gasteiger partial charge in [-0.2, -0.15) is 31.6 Å². The van der Waals surface area contributed by atoms with Crippen molar-refractivity contribution in [3.8, 4) is 34.5 Å². The molecule has 0 spiro atoms. The molecule has 0 aliphatic carbocycles. The second-order valence-electron chi connectivity index (χ2n) is 8.67. The summed E-state index contributed by atoms with van der Waals surface area (Å²) in [5.74, 6) is -2.93. The molecule has 214 valence electrons. The lowest BCUT2D eigenvalue weighted by Gasteiger charge is -2.16. The van der Waals surface area contributed by atoms with E-state index in [2.05, 4.69) is 4.98 Å². The van der Waals surface area contributed by atoms with Crippen LogP contribution in [-0.2, 0) is 19.1 Å². The first-order valence-electron chi connectivity index (χ1n) is 11.7. The minimum Gasteiger partial charge on any atom is -0.478 e. The standard InChI is InChI=1S/C27H17F8N3O3/c1-2-40-24-20(27(33,34)35)5-16(11-37-24)17-7-23(41-13-17)22-6-15(9-26(30,31)32)19(10-36)25(39)38(22)12-14-3-4-18(28)8-21(14)29/h3-8,11,13H,2,9,12H2,1H3. The van der Waals surface area contributed by atoms with E-state index in [4.69, 9.17) is 9.15 Å². The van der Waals surface area contributed by atoms with Gasteiger partial charge in [0.05, 0.1) is 31.5 Å². The molecule has 0 radical (unpaired) electrons. The Kier molecular flexibility index (Phi) is 7.92. The zero-order valence-corrected chi connectivity index (χ0v) is 20.8. The van der Waals surface area contributed by atoms with Crippen LogP contribution in [-0.4, -0.2) is 22.3 Å². The summed E-state index contributed by atoms with van der Waals surface area (Å²) in [5, 5.41) is 9.46. The normalized spacial score (nSPS) is 11.9. The first-order valence-corrected chi connectivity index (χ1v) is 11.7. The number of nitriles is 1. The van der Waals surface area contributed by atoms with Crippen LogP contribution < -0.4 is 10.3 Å². The number of pyridine rings is 2. The Hall–Kier alpha value is -4.67. The maximum Gasteiger partial charge on any atom is 0.421 e. The number of furan rings is 1. The molecular weight excluding hydrogens is 566 g/mol. The van der Waals surface area contributed by atoms with Crippen LogP contribution in [0.15, 0.2) is 58.1 Å². The van der Waals surface area contributed by atoms with Crippen LogP contribution in [0.2, 0.25) is 0 Å². The summed E-state index contributed by atoms with van der Waals surface area (Å²) >= 11 is 0. The summed E-state index contributed by atoms with van der Waals surface area (Å²) < 4.78 is 120. The lowest BCUT2D eigenvalue weighted by atomic mass is 10.0. The molecule has 0 unspecified atom stereocenters. The molecule has 14 heteroatoms. The number of benzene rings is 1. The van der Waals surface area contributed by atoms with E-state index in [1.54, 1.807) is 0 Å². The largest absolute Gasteiger partial charge is 0.478 e. The topological polar surface area (TPSA) is 81.1 Å². The molecule has 0 saturated carbocycles. The molecule has 0 bridgehead atoms. The summed E-state index contributed by atoms with van der Waals surface area (Å²) in [5.41, 5.74) is -4.62. The summed E-state index contributed by atoms with van der Waals surface area (Å²) in [6.07, 6.45) is -9.26. The van der Waals surface area contributed by atoms with Crippen molar-refractivity contribution in [3.05, 3.63) is 93.1 Å². The van der Waals surface area contributed by atoms with Gasteiger partial charge in [-0.25, -0.2) is 13.8 Å². The Bertz CT molecular complexity index is 1700. The molecule has 6 nitrogen and oxygen atoms in total. The molecule has 0 fully saturated rings. The van der Waals surface area contributed by atoms with Crippen LogP contribution in [0, 0.1) is 23.0 Å². The minimum absolute atomic E-state index is 0.00902. The van der Waals surface area contributed by atoms with Crippen LogP contribution in [0.4, 0.5) is 35.1 Å². The van der Waals surface area contributed by atoms with Gasteiger partial charge in [-0.15, -0.1) is 0 Å². The molecule has 3 aromatic heterocycles. The van der Waals surface area contributed by atoms with Gasteiger partial charge in [0, 0.05) is 29.0 Å². The first-order chi connectivity index (χ1) is 19.2. The summed E-state index contributed by atoms with van der Waals surface area (Å²) in [7, 11) is 0. The highest BCUT2D eigenvalue weighted by atomic mass is 19.4. The number of hydrogen-bond acceptors (Lipinski definition) is 5. The van der Waals surface area contributed by atoms with Crippen molar-refractivity contribution in [2.24, 2.45) is 0 Å². The highest BCUT2D eigenvalue weighted by Gasteiger charge is 2.36. The van der Waals surface area contributed by atoms with Crippen molar-refractivity contribution < 1.29 is 44.3 Å². The van der Waals surface area contributed by atoms with Gasteiger partial charge in [0.15, 0.2) is 5.76 Å². The van der Waals surface area contributed by atoms with Crippen LogP contribution in [0.1, 0.15) is 29.2 Å². The Balaban J connectivity index is 1.89. The smallest absolute Gasteiger partial charge is 0.421 e. The van der Waals surface area contributed by atoms with Crippen LogP contribution in [0.3, 0.4) is 0 Å². The van der Waals surface area contributed by atoms with E-state index in [1.165, 1.54) is 13.0 Å². The number of ether oxygens (including phenoxy) is 1. The quantitative estimate of drug-likeness (QED) is 0.222. The molecule has 0 atom stereocenters. The molecule has 0 saturated heterocycles. The SMILES string of the molecule is CCOc1ncc(-c2coc(-c3cc(CC(F)(F)F)c(C#N)c(=O)n3Cc3ccc(F)cc3F)c2)cc1C(F)(F)F. The van der Waals surface area contributed by atoms with Crippen LogP contribution in [0.5, 0.6) is 5.88 Å². The van der Waals surface area contributed by atoms with Crippen molar-refractivity contribution >= 4 is 0 Å². The predicted molar refractivity (Wildman–Crippen MR) is 128 cm³/mol. The van der Waals surface area contributed by atoms with E-state index in [0.717, 1.165) is 47.4 Å². The number of rotatable bonds is 7. The van der Waals surface area contributed by atoms with E-state index in [-0.39, 0.29) is 34.8 Å². The number of alkyl halides is 6. The third-order valence-electron chi connectivity index (χ3n) is 5.85. The van der Waals surface area contributed by atoms with Crippen LogP contribution >= 0.6 is 0 Å². The number of halogens is 8. The third-order valence-corrected chi connectivity index (χ3v) is 5.85. The van der Waals surface area contributed by atoms with Gasteiger partial charge in [-0.1, -0.05) is 6.07 Å². The highest BCUT2D eigenvalue weighted by molar-refractivity contribution is 5.69. The number of hydrogen-bond donors (Lipinski definition) is 0. The fraction of sp³-hybridized carbons (Fsp3) is 0.222. The molecule has 0 aliphatic heterocycles. The summed E-state index contributed by atoms with van der Waals surface area (Å²) in [4.78, 5) is 16.9. The Labute approximate surface area is 226 Å².